The van der Waals surface area contributed by atoms with E-state index in [2.05, 4.69) is 0 Å². The van der Waals surface area contributed by atoms with Crippen LogP contribution in [0.2, 0.25) is 0 Å². The number of rotatable bonds is 6. The molecule has 9 heteroatoms. The van der Waals surface area contributed by atoms with Gasteiger partial charge in [0.1, 0.15) is 4.90 Å². The Labute approximate surface area is 161 Å². The molecule has 2 rings (SSSR count). The minimum Gasteiger partial charge on any atom is -0.342 e. The number of carbonyl (C=O) groups excluding carboxylic acids is 2. The van der Waals surface area contributed by atoms with Gasteiger partial charge in [0, 0.05) is 31.7 Å². The highest BCUT2D eigenvalue weighted by Crippen LogP contribution is 2.31. The molecule has 0 saturated carbocycles. The second-order valence-corrected chi connectivity index (χ2v) is 8.44. The average Bonchev–Trinajstić information content (AvgIpc) is 2.76. The van der Waals surface area contributed by atoms with E-state index in [9.17, 15) is 18.0 Å². The molecule has 1 aromatic rings. The zero-order valence-electron chi connectivity index (χ0n) is 15.4. The van der Waals surface area contributed by atoms with Gasteiger partial charge in [-0.1, -0.05) is 13.8 Å². The Balaban J connectivity index is 0.00000338. The SMILES string of the molecule is CCN1C(=O)c2ccc(C(=O)N(C)CCC(N)C(C)C)cc2S1(=O)=O.Cl. The van der Waals surface area contributed by atoms with Crippen molar-refractivity contribution in [3.8, 4) is 0 Å². The molecule has 1 aromatic carbocycles. The van der Waals surface area contributed by atoms with E-state index >= 15 is 0 Å². The molecule has 26 heavy (non-hydrogen) atoms. The van der Waals surface area contributed by atoms with Crippen LogP contribution >= 0.6 is 12.4 Å². The van der Waals surface area contributed by atoms with Gasteiger partial charge in [-0.3, -0.25) is 9.59 Å². The summed E-state index contributed by atoms with van der Waals surface area (Å²) in [7, 11) is -2.22. The van der Waals surface area contributed by atoms with Gasteiger partial charge in [-0.15, -0.1) is 12.4 Å². The van der Waals surface area contributed by atoms with Gasteiger partial charge < -0.3 is 10.6 Å². The van der Waals surface area contributed by atoms with Crippen LogP contribution in [-0.4, -0.2) is 55.6 Å². The maximum absolute atomic E-state index is 12.6. The van der Waals surface area contributed by atoms with E-state index in [0.717, 1.165) is 4.31 Å². The van der Waals surface area contributed by atoms with Gasteiger partial charge in [0.15, 0.2) is 0 Å². The third-order valence-electron chi connectivity index (χ3n) is 4.54. The maximum Gasteiger partial charge on any atom is 0.268 e. The van der Waals surface area contributed by atoms with Crippen LogP contribution < -0.4 is 5.73 Å². The first-order chi connectivity index (χ1) is 11.6. The number of benzene rings is 1. The molecule has 0 fully saturated rings. The minimum absolute atomic E-state index is 0. The molecule has 1 aliphatic heterocycles. The normalized spacial score (nSPS) is 16.2. The Morgan fingerprint density at radius 3 is 2.46 bits per heavy atom. The zero-order chi connectivity index (χ0) is 18.9. The molecule has 0 bridgehead atoms. The largest absolute Gasteiger partial charge is 0.342 e. The lowest BCUT2D eigenvalue weighted by atomic mass is 10.0. The number of amides is 2. The molecule has 146 valence electrons. The van der Waals surface area contributed by atoms with Gasteiger partial charge in [0.05, 0.1) is 5.56 Å². The number of nitrogens with two attached hydrogens (primary N) is 1. The van der Waals surface area contributed by atoms with E-state index < -0.39 is 15.9 Å². The van der Waals surface area contributed by atoms with Crippen molar-refractivity contribution < 1.29 is 18.0 Å². The standard InChI is InChI=1S/C17H25N3O4S.ClH/c1-5-20-17(22)13-7-6-12(10-15(13)25(20,23)24)16(21)19(4)9-8-14(18)11(2)3;/h6-7,10-11,14H,5,8-9,18H2,1-4H3;1H. The molecule has 0 radical (unpaired) electrons. The Kier molecular flexibility index (Phi) is 7.21. The highest BCUT2D eigenvalue weighted by atomic mass is 35.5. The van der Waals surface area contributed by atoms with Crippen molar-refractivity contribution in [3.05, 3.63) is 29.3 Å². The van der Waals surface area contributed by atoms with Crippen molar-refractivity contribution >= 4 is 34.2 Å². The molecule has 0 spiro atoms. The van der Waals surface area contributed by atoms with Crippen LogP contribution in [0.25, 0.3) is 0 Å². The van der Waals surface area contributed by atoms with Crippen molar-refractivity contribution in [1.82, 2.24) is 9.21 Å². The Morgan fingerprint density at radius 2 is 1.92 bits per heavy atom. The summed E-state index contributed by atoms with van der Waals surface area (Å²) in [5, 5.41) is 0. The van der Waals surface area contributed by atoms with Crippen LogP contribution in [0, 0.1) is 5.92 Å². The summed E-state index contributed by atoms with van der Waals surface area (Å²) < 4.78 is 25.7. The third-order valence-corrected chi connectivity index (χ3v) is 6.44. The molecular weight excluding hydrogens is 378 g/mol. The lowest BCUT2D eigenvalue weighted by molar-refractivity contribution is 0.0787. The van der Waals surface area contributed by atoms with Crippen molar-refractivity contribution in [2.24, 2.45) is 11.7 Å². The highest BCUT2D eigenvalue weighted by Gasteiger charge is 2.40. The molecule has 1 unspecified atom stereocenters. The van der Waals surface area contributed by atoms with Gasteiger partial charge in [-0.25, -0.2) is 12.7 Å². The maximum atomic E-state index is 12.6. The van der Waals surface area contributed by atoms with Gasteiger partial charge in [0.25, 0.3) is 21.8 Å². The second kappa shape index (κ2) is 8.37. The average molecular weight is 404 g/mol. The number of nitrogens with zero attached hydrogens (tertiary/aromatic N) is 2. The fraction of sp³-hybridized carbons (Fsp3) is 0.529. The molecule has 2 N–H and O–H groups in total. The van der Waals surface area contributed by atoms with Crippen LogP contribution in [0.4, 0.5) is 0 Å². The first kappa shape index (κ1) is 22.4. The molecule has 1 atom stereocenters. The van der Waals surface area contributed by atoms with E-state index in [1.165, 1.54) is 23.1 Å². The van der Waals surface area contributed by atoms with Gasteiger partial charge >= 0.3 is 0 Å². The third kappa shape index (κ3) is 4.02. The number of sulfonamides is 1. The van der Waals surface area contributed by atoms with Gasteiger partial charge in [-0.05, 0) is 37.5 Å². The summed E-state index contributed by atoms with van der Waals surface area (Å²) in [4.78, 5) is 26.1. The summed E-state index contributed by atoms with van der Waals surface area (Å²) in [6.07, 6.45) is 0.658. The molecule has 0 aliphatic carbocycles. The summed E-state index contributed by atoms with van der Waals surface area (Å²) >= 11 is 0. The first-order valence-corrected chi connectivity index (χ1v) is 9.77. The van der Waals surface area contributed by atoms with E-state index in [1.54, 1.807) is 14.0 Å². The topological polar surface area (TPSA) is 101 Å². The number of fused-ring (bicyclic) bond motifs is 1. The van der Waals surface area contributed by atoms with Crippen molar-refractivity contribution in [2.75, 3.05) is 20.1 Å². The monoisotopic (exact) mass is 403 g/mol. The van der Waals surface area contributed by atoms with E-state index in [0.29, 0.717) is 18.9 Å². The fourth-order valence-electron chi connectivity index (χ4n) is 2.72. The predicted octanol–water partition coefficient (Wildman–Crippen LogP) is 1.72. The quantitative estimate of drug-likeness (QED) is 0.779. The van der Waals surface area contributed by atoms with Gasteiger partial charge in [-0.2, -0.15) is 0 Å². The van der Waals surface area contributed by atoms with Crippen LogP contribution in [-0.2, 0) is 10.0 Å². The number of hydrogen-bond donors (Lipinski definition) is 1. The summed E-state index contributed by atoms with van der Waals surface area (Å²) in [5.74, 6) is -0.524. The van der Waals surface area contributed by atoms with Gasteiger partial charge in [0.2, 0.25) is 0 Å². The minimum atomic E-state index is -3.87. The van der Waals surface area contributed by atoms with Crippen molar-refractivity contribution in [1.29, 1.82) is 0 Å². The fourth-order valence-corrected chi connectivity index (χ4v) is 4.32. The molecule has 0 saturated heterocycles. The van der Waals surface area contributed by atoms with Crippen LogP contribution in [0.1, 0.15) is 47.9 Å². The Morgan fingerprint density at radius 1 is 1.31 bits per heavy atom. The first-order valence-electron chi connectivity index (χ1n) is 8.33. The number of hydrogen-bond acceptors (Lipinski definition) is 5. The molecule has 7 nitrogen and oxygen atoms in total. The molecule has 1 heterocycles. The number of halogens is 1. The smallest absolute Gasteiger partial charge is 0.268 e. The Bertz CT molecular complexity index is 795. The lowest BCUT2D eigenvalue weighted by Crippen LogP contribution is -2.34. The van der Waals surface area contributed by atoms with E-state index in [1.807, 2.05) is 13.8 Å². The molecular formula is C17H26ClN3O4S. The van der Waals surface area contributed by atoms with E-state index in [4.69, 9.17) is 5.73 Å². The lowest BCUT2D eigenvalue weighted by Gasteiger charge is -2.21. The van der Waals surface area contributed by atoms with Crippen molar-refractivity contribution in [2.45, 2.75) is 38.1 Å². The Hall–Kier alpha value is -1.64. The highest BCUT2D eigenvalue weighted by molar-refractivity contribution is 7.90. The zero-order valence-corrected chi connectivity index (χ0v) is 17.1. The summed E-state index contributed by atoms with van der Waals surface area (Å²) in [5.41, 5.74) is 6.36. The molecule has 1 aliphatic rings. The molecule has 0 aromatic heterocycles. The second-order valence-electron chi connectivity index (χ2n) is 6.61. The molecule has 2 amide bonds. The van der Waals surface area contributed by atoms with E-state index in [-0.39, 0.29) is 46.9 Å². The van der Waals surface area contributed by atoms with Crippen LogP contribution in [0.5, 0.6) is 0 Å². The number of carbonyl (C=O) groups is 2. The van der Waals surface area contributed by atoms with Crippen LogP contribution in [0.15, 0.2) is 23.1 Å². The van der Waals surface area contributed by atoms with Crippen molar-refractivity contribution in [3.63, 3.8) is 0 Å². The van der Waals surface area contributed by atoms with Crippen LogP contribution in [0.3, 0.4) is 0 Å². The summed E-state index contributed by atoms with van der Waals surface area (Å²) in [6.45, 7) is 6.18. The predicted molar refractivity (Wildman–Crippen MR) is 102 cm³/mol. The summed E-state index contributed by atoms with van der Waals surface area (Å²) in [6, 6.07) is 4.18.